The summed E-state index contributed by atoms with van der Waals surface area (Å²) in [5.41, 5.74) is -1.08. The SMILES string of the molecule is CC(C)CC(NC(=O)OC(C)(C)C)[C@@H](O)[C@@]1(C)CO1. The van der Waals surface area contributed by atoms with Gasteiger partial charge in [0.2, 0.25) is 0 Å². The van der Waals surface area contributed by atoms with Gasteiger partial charge >= 0.3 is 6.09 Å². The molecule has 2 N–H and O–H groups in total. The van der Waals surface area contributed by atoms with Crippen LogP contribution in [0.5, 0.6) is 0 Å². The number of aliphatic hydroxyl groups is 1. The Kier molecular flexibility index (Phi) is 4.85. The number of amides is 1. The van der Waals surface area contributed by atoms with Gasteiger partial charge in [0.1, 0.15) is 17.3 Å². The van der Waals surface area contributed by atoms with Crippen molar-refractivity contribution in [2.24, 2.45) is 5.92 Å². The summed E-state index contributed by atoms with van der Waals surface area (Å²) in [5, 5.41) is 13.1. The fourth-order valence-electron chi connectivity index (χ4n) is 1.94. The van der Waals surface area contributed by atoms with Crippen LogP contribution in [0.15, 0.2) is 0 Å². The lowest BCUT2D eigenvalue weighted by atomic mass is 9.92. The van der Waals surface area contributed by atoms with Crippen LogP contribution in [-0.2, 0) is 9.47 Å². The molecule has 0 aromatic carbocycles. The fourth-order valence-corrected chi connectivity index (χ4v) is 1.94. The first kappa shape index (κ1) is 16.2. The van der Waals surface area contributed by atoms with Crippen LogP contribution in [0, 0.1) is 5.92 Å². The van der Waals surface area contributed by atoms with Crippen molar-refractivity contribution in [3.63, 3.8) is 0 Å². The molecule has 1 amide bonds. The number of epoxide rings is 1. The molecule has 0 aromatic heterocycles. The minimum Gasteiger partial charge on any atom is -0.444 e. The molecule has 3 atom stereocenters. The molecule has 5 nitrogen and oxygen atoms in total. The van der Waals surface area contributed by atoms with E-state index >= 15 is 0 Å². The van der Waals surface area contributed by atoms with E-state index in [1.54, 1.807) is 0 Å². The van der Waals surface area contributed by atoms with Crippen LogP contribution in [0.25, 0.3) is 0 Å². The highest BCUT2D eigenvalue weighted by atomic mass is 16.6. The van der Waals surface area contributed by atoms with Crippen molar-refractivity contribution in [1.29, 1.82) is 0 Å². The molecular weight excluding hydrogens is 246 g/mol. The molecule has 1 unspecified atom stereocenters. The first-order valence-electron chi connectivity index (χ1n) is 6.85. The van der Waals surface area contributed by atoms with Gasteiger partial charge in [0.05, 0.1) is 12.6 Å². The predicted molar refractivity (Wildman–Crippen MR) is 73.0 cm³/mol. The minimum absolute atomic E-state index is 0.358. The Balaban J connectivity index is 2.62. The molecule has 1 saturated heterocycles. The molecule has 0 aromatic rings. The lowest BCUT2D eigenvalue weighted by Gasteiger charge is -2.29. The largest absolute Gasteiger partial charge is 0.444 e. The van der Waals surface area contributed by atoms with Gasteiger partial charge in [0.15, 0.2) is 0 Å². The van der Waals surface area contributed by atoms with Crippen molar-refractivity contribution in [1.82, 2.24) is 5.32 Å². The molecule has 0 radical (unpaired) electrons. The van der Waals surface area contributed by atoms with Gasteiger partial charge in [-0.1, -0.05) is 13.8 Å². The van der Waals surface area contributed by atoms with E-state index in [0.717, 1.165) is 0 Å². The molecule has 1 rings (SSSR count). The summed E-state index contributed by atoms with van der Waals surface area (Å²) >= 11 is 0. The lowest BCUT2D eigenvalue weighted by Crippen LogP contribution is -2.51. The maximum absolute atomic E-state index is 11.8. The molecule has 1 heterocycles. The van der Waals surface area contributed by atoms with E-state index in [4.69, 9.17) is 9.47 Å². The van der Waals surface area contributed by atoms with E-state index in [0.29, 0.717) is 18.9 Å². The van der Waals surface area contributed by atoms with Crippen LogP contribution in [-0.4, -0.2) is 41.2 Å². The summed E-state index contributed by atoms with van der Waals surface area (Å²) in [5.74, 6) is 0.358. The smallest absolute Gasteiger partial charge is 0.407 e. The van der Waals surface area contributed by atoms with Gasteiger partial charge in [-0.15, -0.1) is 0 Å². The van der Waals surface area contributed by atoms with Crippen molar-refractivity contribution in [3.05, 3.63) is 0 Å². The normalized spacial score (nSPS) is 25.9. The zero-order valence-corrected chi connectivity index (χ0v) is 12.8. The molecule has 112 valence electrons. The molecule has 19 heavy (non-hydrogen) atoms. The maximum atomic E-state index is 11.8. The van der Waals surface area contributed by atoms with Crippen LogP contribution >= 0.6 is 0 Å². The molecular formula is C14H27NO4. The van der Waals surface area contributed by atoms with Gasteiger partial charge in [-0.2, -0.15) is 0 Å². The summed E-state index contributed by atoms with van der Waals surface area (Å²) in [6.45, 7) is 11.9. The number of carbonyl (C=O) groups is 1. The Bertz CT molecular complexity index is 318. The number of carbonyl (C=O) groups excluding carboxylic acids is 1. The topological polar surface area (TPSA) is 71.1 Å². The predicted octanol–water partition coefficient (Wildman–Crippen LogP) is 2.08. The van der Waals surface area contributed by atoms with Crippen LogP contribution in [0.1, 0.15) is 48.0 Å². The van der Waals surface area contributed by atoms with E-state index < -0.39 is 23.4 Å². The third-order valence-corrected chi connectivity index (χ3v) is 3.03. The van der Waals surface area contributed by atoms with Crippen LogP contribution < -0.4 is 5.32 Å². The Morgan fingerprint density at radius 2 is 2.00 bits per heavy atom. The highest BCUT2D eigenvalue weighted by Crippen LogP contribution is 2.33. The van der Waals surface area contributed by atoms with Crippen LogP contribution in [0.3, 0.4) is 0 Å². The van der Waals surface area contributed by atoms with Gasteiger partial charge in [-0.25, -0.2) is 4.79 Å². The molecule has 0 bridgehead atoms. The van der Waals surface area contributed by atoms with Gasteiger partial charge in [-0.3, -0.25) is 0 Å². The Morgan fingerprint density at radius 3 is 2.37 bits per heavy atom. The maximum Gasteiger partial charge on any atom is 0.407 e. The van der Waals surface area contributed by atoms with Gasteiger partial charge in [0.25, 0.3) is 0 Å². The van der Waals surface area contributed by atoms with Gasteiger partial charge in [0, 0.05) is 0 Å². The molecule has 1 aliphatic heterocycles. The fraction of sp³-hybridized carbons (Fsp3) is 0.929. The first-order chi connectivity index (χ1) is 8.53. The number of nitrogens with one attached hydrogen (secondary N) is 1. The first-order valence-corrected chi connectivity index (χ1v) is 6.85. The second kappa shape index (κ2) is 5.67. The van der Waals surface area contributed by atoms with Crippen LogP contribution in [0.2, 0.25) is 0 Å². The Morgan fingerprint density at radius 1 is 1.47 bits per heavy atom. The highest BCUT2D eigenvalue weighted by molar-refractivity contribution is 5.68. The van der Waals surface area contributed by atoms with Crippen molar-refractivity contribution >= 4 is 6.09 Å². The van der Waals surface area contributed by atoms with E-state index in [1.165, 1.54) is 0 Å². The van der Waals surface area contributed by atoms with E-state index in [-0.39, 0.29) is 6.04 Å². The van der Waals surface area contributed by atoms with Gasteiger partial charge in [-0.05, 0) is 40.0 Å². The summed E-state index contributed by atoms with van der Waals surface area (Å²) in [6, 6.07) is -0.359. The van der Waals surface area contributed by atoms with Crippen molar-refractivity contribution < 1.29 is 19.4 Å². The minimum atomic E-state index is -0.720. The zero-order chi connectivity index (χ0) is 14.8. The summed E-state index contributed by atoms with van der Waals surface area (Å²) < 4.78 is 10.5. The molecule has 0 spiro atoms. The highest BCUT2D eigenvalue weighted by Gasteiger charge is 2.50. The molecule has 1 fully saturated rings. The summed E-state index contributed by atoms with van der Waals surface area (Å²) in [4.78, 5) is 11.8. The van der Waals surface area contributed by atoms with Gasteiger partial charge < -0.3 is 19.9 Å². The average molecular weight is 273 g/mol. The molecule has 1 aliphatic rings. The third-order valence-electron chi connectivity index (χ3n) is 3.03. The second-order valence-corrected chi connectivity index (χ2v) is 6.93. The van der Waals surface area contributed by atoms with Crippen LogP contribution in [0.4, 0.5) is 4.79 Å². The van der Waals surface area contributed by atoms with Crippen molar-refractivity contribution in [2.75, 3.05) is 6.61 Å². The number of rotatable bonds is 5. The van der Waals surface area contributed by atoms with Crippen molar-refractivity contribution in [2.45, 2.75) is 71.3 Å². The summed E-state index contributed by atoms with van der Waals surface area (Å²) in [7, 11) is 0. The quantitative estimate of drug-likeness (QED) is 0.752. The number of aliphatic hydroxyl groups excluding tert-OH is 1. The summed E-state index contributed by atoms with van der Waals surface area (Å²) in [6.07, 6.45) is -0.539. The Labute approximate surface area is 115 Å². The Hall–Kier alpha value is -0.810. The number of hydrogen-bond acceptors (Lipinski definition) is 4. The molecule has 5 heteroatoms. The average Bonchev–Trinajstić information content (AvgIpc) is 2.92. The van der Waals surface area contributed by atoms with E-state index in [9.17, 15) is 9.90 Å². The number of alkyl carbamates (subject to hydrolysis) is 1. The van der Waals surface area contributed by atoms with E-state index in [2.05, 4.69) is 5.32 Å². The number of ether oxygens (including phenoxy) is 2. The molecule has 0 saturated carbocycles. The second-order valence-electron chi connectivity index (χ2n) is 6.93. The standard InChI is InChI=1S/C14H27NO4/c1-9(2)7-10(11(16)14(6)8-18-14)15-12(17)19-13(3,4)5/h9-11,16H,7-8H2,1-6H3,(H,15,17)/t10?,11-,14-/m1/s1. The van der Waals surface area contributed by atoms with E-state index in [1.807, 2.05) is 41.5 Å². The third kappa shape index (κ3) is 5.37. The molecule has 0 aliphatic carbocycles. The number of hydrogen-bond donors (Lipinski definition) is 2. The zero-order valence-electron chi connectivity index (χ0n) is 12.8. The monoisotopic (exact) mass is 273 g/mol. The van der Waals surface area contributed by atoms with Crippen molar-refractivity contribution in [3.8, 4) is 0 Å². The lowest BCUT2D eigenvalue weighted by molar-refractivity contribution is 0.0228.